The maximum absolute atomic E-state index is 2.46. The molecule has 0 aliphatic heterocycles. The Morgan fingerprint density at radius 3 is 2.73 bits per heavy atom. The van der Waals surface area contributed by atoms with Crippen LogP contribution >= 0.6 is 0 Å². The summed E-state index contributed by atoms with van der Waals surface area (Å²) in [7, 11) is 0. The Labute approximate surface area is 69.7 Å². The Kier molecular flexibility index (Phi) is 2.02. The first-order valence-electron chi connectivity index (χ1n) is 5.02. The fraction of sp³-hybridized carbons (Fsp3) is 0.818. The molecule has 2 atom stereocenters. The topological polar surface area (TPSA) is 0 Å². The molecule has 2 rings (SSSR count). The highest BCUT2D eigenvalue weighted by molar-refractivity contribution is 5.06. The van der Waals surface area contributed by atoms with Crippen molar-refractivity contribution in [1.29, 1.82) is 0 Å². The molecule has 0 amide bonds. The van der Waals surface area contributed by atoms with Gasteiger partial charge in [0.2, 0.25) is 0 Å². The summed E-state index contributed by atoms with van der Waals surface area (Å²) in [5, 5.41) is 0. The number of hydrogen-bond donors (Lipinski definition) is 0. The van der Waals surface area contributed by atoms with Gasteiger partial charge in [-0.2, -0.15) is 0 Å². The van der Waals surface area contributed by atoms with E-state index in [4.69, 9.17) is 0 Å². The van der Waals surface area contributed by atoms with Crippen LogP contribution in [0.5, 0.6) is 0 Å². The molecule has 0 heterocycles. The highest BCUT2D eigenvalue weighted by Crippen LogP contribution is 2.39. The molecule has 0 spiro atoms. The number of allylic oxidation sites excluding steroid dienone is 2. The third-order valence-electron chi connectivity index (χ3n) is 3.42. The zero-order valence-electron chi connectivity index (χ0n) is 7.47. The van der Waals surface area contributed by atoms with Crippen LogP contribution in [0.2, 0.25) is 0 Å². The van der Waals surface area contributed by atoms with Gasteiger partial charge in [0.15, 0.2) is 0 Å². The molecule has 2 aliphatic rings. The second-order valence-corrected chi connectivity index (χ2v) is 4.29. The van der Waals surface area contributed by atoms with E-state index in [2.05, 4.69) is 13.0 Å². The molecule has 11 heavy (non-hydrogen) atoms. The van der Waals surface area contributed by atoms with E-state index in [1.165, 1.54) is 38.5 Å². The fourth-order valence-corrected chi connectivity index (χ4v) is 2.71. The largest absolute Gasteiger partial charge is 0.0853 e. The maximum atomic E-state index is 2.46. The Hall–Kier alpha value is -0.260. The SMILES string of the molecule is CC1=CCC2CCCC[C@H]2C1. The van der Waals surface area contributed by atoms with E-state index in [0.717, 1.165) is 11.8 Å². The molecule has 2 aliphatic carbocycles. The van der Waals surface area contributed by atoms with E-state index in [0.29, 0.717) is 0 Å². The molecule has 0 aromatic heterocycles. The van der Waals surface area contributed by atoms with E-state index >= 15 is 0 Å². The zero-order chi connectivity index (χ0) is 7.68. The fourth-order valence-electron chi connectivity index (χ4n) is 2.71. The van der Waals surface area contributed by atoms with Gasteiger partial charge in [-0.1, -0.05) is 24.5 Å². The van der Waals surface area contributed by atoms with Gasteiger partial charge in [0.05, 0.1) is 0 Å². The van der Waals surface area contributed by atoms with Crippen LogP contribution in [0.3, 0.4) is 0 Å². The van der Waals surface area contributed by atoms with Crippen molar-refractivity contribution in [3.8, 4) is 0 Å². The van der Waals surface area contributed by atoms with Gasteiger partial charge in [-0.3, -0.25) is 0 Å². The molecule has 1 fully saturated rings. The predicted octanol–water partition coefficient (Wildman–Crippen LogP) is 3.53. The summed E-state index contributed by atoms with van der Waals surface area (Å²) >= 11 is 0. The van der Waals surface area contributed by atoms with Gasteiger partial charge < -0.3 is 0 Å². The molecular formula is C11H18. The molecule has 0 saturated heterocycles. The normalized spacial score (nSPS) is 37.7. The third kappa shape index (κ3) is 1.50. The molecular weight excluding hydrogens is 132 g/mol. The van der Waals surface area contributed by atoms with Crippen molar-refractivity contribution in [1.82, 2.24) is 0 Å². The van der Waals surface area contributed by atoms with E-state index in [1.807, 2.05) is 0 Å². The Bertz CT molecular complexity index is 167. The summed E-state index contributed by atoms with van der Waals surface area (Å²) in [6, 6.07) is 0. The quantitative estimate of drug-likeness (QED) is 0.463. The van der Waals surface area contributed by atoms with Gasteiger partial charge in [-0.05, 0) is 44.4 Å². The molecule has 0 N–H and O–H groups in total. The van der Waals surface area contributed by atoms with E-state index < -0.39 is 0 Å². The average molecular weight is 150 g/mol. The minimum Gasteiger partial charge on any atom is -0.0853 e. The van der Waals surface area contributed by atoms with Crippen LogP contribution in [0.25, 0.3) is 0 Å². The molecule has 0 aromatic rings. The molecule has 0 radical (unpaired) electrons. The third-order valence-corrected chi connectivity index (χ3v) is 3.42. The van der Waals surface area contributed by atoms with Crippen molar-refractivity contribution in [2.24, 2.45) is 11.8 Å². The van der Waals surface area contributed by atoms with Crippen molar-refractivity contribution in [3.63, 3.8) is 0 Å². The van der Waals surface area contributed by atoms with Crippen LogP contribution in [-0.2, 0) is 0 Å². The minimum absolute atomic E-state index is 1.06. The summed E-state index contributed by atoms with van der Waals surface area (Å²) < 4.78 is 0. The zero-order valence-corrected chi connectivity index (χ0v) is 7.47. The summed E-state index contributed by atoms with van der Waals surface area (Å²) in [5.74, 6) is 2.13. The van der Waals surface area contributed by atoms with Crippen molar-refractivity contribution >= 4 is 0 Å². The van der Waals surface area contributed by atoms with Gasteiger partial charge >= 0.3 is 0 Å². The van der Waals surface area contributed by atoms with Crippen LogP contribution in [-0.4, -0.2) is 0 Å². The lowest BCUT2D eigenvalue weighted by Crippen LogP contribution is -2.22. The van der Waals surface area contributed by atoms with Crippen LogP contribution in [0.1, 0.15) is 45.4 Å². The standard InChI is InChI=1S/C11H18/c1-9-6-7-10-4-2-3-5-11(10)8-9/h6,10-11H,2-5,7-8H2,1H3/t10?,11-/m0/s1. The maximum Gasteiger partial charge on any atom is -0.0292 e. The molecule has 0 nitrogen and oxygen atoms in total. The second-order valence-electron chi connectivity index (χ2n) is 4.29. The van der Waals surface area contributed by atoms with Gasteiger partial charge in [0.1, 0.15) is 0 Å². The van der Waals surface area contributed by atoms with E-state index in [9.17, 15) is 0 Å². The van der Waals surface area contributed by atoms with Gasteiger partial charge in [-0.25, -0.2) is 0 Å². The Morgan fingerprint density at radius 1 is 1.18 bits per heavy atom. The summed E-state index contributed by atoms with van der Waals surface area (Å²) in [6.45, 7) is 2.30. The van der Waals surface area contributed by atoms with Gasteiger partial charge in [-0.15, -0.1) is 0 Å². The molecule has 1 saturated carbocycles. The van der Waals surface area contributed by atoms with Crippen molar-refractivity contribution in [2.75, 3.05) is 0 Å². The van der Waals surface area contributed by atoms with Crippen LogP contribution < -0.4 is 0 Å². The van der Waals surface area contributed by atoms with Crippen LogP contribution in [0.4, 0.5) is 0 Å². The molecule has 0 aromatic carbocycles. The van der Waals surface area contributed by atoms with Gasteiger partial charge in [0.25, 0.3) is 0 Å². The molecule has 0 bridgehead atoms. The summed E-state index contributed by atoms with van der Waals surface area (Å²) in [5.41, 5.74) is 1.65. The monoisotopic (exact) mass is 150 g/mol. The average Bonchev–Trinajstić information content (AvgIpc) is 2.04. The van der Waals surface area contributed by atoms with Crippen molar-refractivity contribution in [3.05, 3.63) is 11.6 Å². The van der Waals surface area contributed by atoms with Crippen molar-refractivity contribution in [2.45, 2.75) is 45.4 Å². The number of rotatable bonds is 0. The highest BCUT2D eigenvalue weighted by atomic mass is 14.3. The molecule has 1 unspecified atom stereocenters. The van der Waals surface area contributed by atoms with E-state index in [-0.39, 0.29) is 0 Å². The smallest absolute Gasteiger partial charge is 0.0292 e. The first-order valence-corrected chi connectivity index (χ1v) is 5.02. The Balaban J connectivity index is 2.04. The summed E-state index contributed by atoms with van der Waals surface area (Å²) in [6.07, 6.45) is 11.3. The molecule has 62 valence electrons. The lowest BCUT2D eigenvalue weighted by molar-refractivity contribution is 0.226. The van der Waals surface area contributed by atoms with E-state index in [1.54, 1.807) is 5.57 Å². The Morgan fingerprint density at radius 2 is 1.91 bits per heavy atom. The minimum atomic E-state index is 1.06. The highest BCUT2D eigenvalue weighted by Gasteiger charge is 2.26. The second kappa shape index (κ2) is 3.00. The first-order chi connectivity index (χ1) is 5.36. The lowest BCUT2D eigenvalue weighted by Gasteiger charge is -2.34. The lowest BCUT2D eigenvalue weighted by atomic mass is 9.72. The predicted molar refractivity (Wildman–Crippen MR) is 48.4 cm³/mol. The van der Waals surface area contributed by atoms with Crippen LogP contribution in [0, 0.1) is 11.8 Å². The molecule has 0 heteroatoms. The summed E-state index contributed by atoms with van der Waals surface area (Å²) in [4.78, 5) is 0. The van der Waals surface area contributed by atoms with Crippen LogP contribution in [0.15, 0.2) is 11.6 Å². The number of hydrogen-bond acceptors (Lipinski definition) is 0. The van der Waals surface area contributed by atoms with Crippen molar-refractivity contribution < 1.29 is 0 Å². The van der Waals surface area contributed by atoms with Gasteiger partial charge in [0, 0.05) is 0 Å². The first kappa shape index (κ1) is 7.39. The number of fused-ring (bicyclic) bond motifs is 1.